The van der Waals surface area contributed by atoms with Crippen LogP contribution in [0.25, 0.3) is 11.0 Å². The van der Waals surface area contributed by atoms with Gasteiger partial charge in [-0.25, -0.2) is 0 Å². The average Bonchev–Trinajstić information content (AvgIpc) is 3.21. The zero-order valence-corrected chi connectivity index (χ0v) is 15.0. The van der Waals surface area contributed by atoms with Gasteiger partial charge in [0.15, 0.2) is 5.58 Å². The first-order chi connectivity index (χ1) is 11.8. The van der Waals surface area contributed by atoms with Crippen molar-refractivity contribution >= 4 is 23.4 Å². The minimum absolute atomic E-state index is 0. The van der Waals surface area contributed by atoms with E-state index in [1.807, 2.05) is 18.2 Å². The van der Waals surface area contributed by atoms with Gasteiger partial charge in [0.1, 0.15) is 17.2 Å². The van der Waals surface area contributed by atoms with Gasteiger partial charge in [-0.05, 0) is 68.4 Å². The zero-order chi connectivity index (χ0) is 16.4. The number of halogens is 1. The number of piperidine rings is 1. The lowest BCUT2D eigenvalue weighted by atomic mass is 9.99. The third-order valence-electron chi connectivity index (χ3n) is 5.04. The second-order valence-electron chi connectivity index (χ2n) is 6.78. The number of aliphatic hydroxyl groups excluding tert-OH is 1. The first-order valence-corrected chi connectivity index (χ1v) is 8.88. The maximum absolute atomic E-state index is 10.0. The van der Waals surface area contributed by atoms with Crippen LogP contribution in [0, 0.1) is 5.92 Å². The lowest BCUT2D eigenvalue weighted by Gasteiger charge is -2.22. The number of nitrogens with zero attached hydrogens (tertiary/aromatic N) is 1. The highest BCUT2D eigenvalue weighted by atomic mass is 35.5. The standard InChI is InChI=1S/C18H24N2O4.ClH/c21-13-3-1-4-14(13)23-15-5-2-6-16-17(15)18(20-24-16)22-11-12-7-9-19-10-8-12;/h2,5-6,12-14,19,21H,1,3-4,7-11H2;1H/t13-,14+;/m0./s1. The molecule has 2 aliphatic rings. The summed E-state index contributed by atoms with van der Waals surface area (Å²) in [7, 11) is 0. The Morgan fingerprint density at radius 1 is 1.20 bits per heavy atom. The molecule has 0 spiro atoms. The van der Waals surface area contributed by atoms with Crippen LogP contribution in [0.4, 0.5) is 0 Å². The predicted molar refractivity (Wildman–Crippen MR) is 96.6 cm³/mol. The molecule has 0 radical (unpaired) electrons. The molecule has 1 aliphatic carbocycles. The summed E-state index contributed by atoms with van der Waals surface area (Å²) in [4.78, 5) is 0. The van der Waals surface area contributed by atoms with Crippen molar-refractivity contribution in [2.24, 2.45) is 5.92 Å². The van der Waals surface area contributed by atoms with Crippen LogP contribution < -0.4 is 14.8 Å². The molecule has 138 valence electrons. The fraction of sp³-hybridized carbons (Fsp3) is 0.611. The van der Waals surface area contributed by atoms with Crippen LogP contribution in [-0.4, -0.2) is 42.2 Å². The number of aromatic nitrogens is 1. The quantitative estimate of drug-likeness (QED) is 0.845. The van der Waals surface area contributed by atoms with Crippen LogP contribution in [-0.2, 0) is 0 Å². The van der Waals surface area contributed by atoms with Gasteiger partial charge in [-0.1, -0.05) is 6.07 Å². The van der Waals surface area contributed by atoms with E-state index in [1.165, 1.54) is 0 Å². The first-order valence-electron chi connectivity index (χ1n) is 8.88. The van der Waals surface area contributed by atoms with E-state index in [1.54, 1.807) is 0 Å². The lowest BCUT2D eigenvalue weighted by molar-refractivity contribution is 0.0612. The Balaban J connectivity index is 0.00000182. The first kappa shape index (κ1) is 18.3. The molecule has 2 N–H and O–H groups in total. The smallest absolute Gasteiger partial charge is 0.265 e. The number of nitrogens with one attached hydrogen (secondary N) is 1. The summed E-state index contributed by atoms with van der Waals surface area (Å²) in [6, 6.07) is 5.63. The Bertz CT molecular complexity index is 687. The fourth-order valence-corrected chi connectivity index (χ4v) is 3.58. The van der Waals surface area contributed by atoms with Gasteiger partial charge < -0.3 is 24.4 Å². The van der Waals surface area contributed by atoms with Gasteiger partial charge in [0, 0.05) is 0 Å². The molecule has 25 heavy (non-hydrogen) atoms. The Hall–Kier alpha value is -1.50. The van der Waals surface area contributed by atoms with Crippen molar-refractivity contribution in [2.45, 2.75) is 44.3 Å². The number of fused-ring (bicyclic) bond motifs is 1. The van der Waals surface area contributed by atoms with Crippen molar-refractivity contribution in [2.75, 3.05) is 19.7 Å². The summed E-state index contributed by atoms with van der Waals surface area (Å²) in [5.41, 5.74) is 0.653. The maximum Gasteiger partial charge on any atom is 0.265 e. The lowest BCUT2D eigenvalue weighted by Crippen LogP contribution is -2.30. The third-order valence-corrected chi connectivity index (χ3v) is 5.04. The fourth-order valence-electron chi connectivity index (χ4n) is 3.58. The molecule has 7 heteroatoms. The molecule has 0 unspecified atom stereocenters. The van der Waals surface area contributed by atoms with Gasteiger partial charge in [-0.15, -0.1) is 12.4 Å². The van der Waals surface area contributed by atoms with Crippen molar-refractivity contribution in [3.8, 4) is 11.6 Å². The van der Waals surface area contributed by atoms with E-state index in [2.05, 4.69) is 10.5 Å². The van der Waals surface area contributed by atoms with E-state index in [0.717, 1.165) is 50.6 Å². The monoisotopic (exact) mass is 368 g/mol. The van der Waals surface area contributed by atoms with Crippen molar-refractivity contribution in [3.63, 3.8) is 0 Å². The number of aliphatic hydroxyl groups is 1. The van der Waals surface area contributed by atoms with E-state index < -0.39 is 6.10 Å². The molecule has 2 fully saturated rings. The molecule has 1 aromatic heterocycles. The van der Waals surface area contributed by atoms with Crippen LogP contribution in [0.15, 0.2) is 22.7 Å². The second-order valence-corrected chi connectivity index (χ2v) is 6.78. The van der Waals surface area contributed by atoms with Crippen LogP contribution in [0.5, 0.6) is 11.6 Å². The Morgan fingerprint density at radius 2 is 2.04 bits per heavy atom. The number of benzene rings is 1. The topological polar surface area (TPSA) is 76.8 Å². The molecule has 6 nitrogen and oxygen atoms in total. The van der Waals surface area contributed by atoms with E-state index in [4.69, 9.17) is 14.0 Å². The highest BCUT2D eigenvalue weighted by molar-refractivity contribution is 5.88. The summed E-state index contributed by atoms with van der Waals surface area (Å²) in [5, 5.41) is 18.2. The Labute approximate surface area is 153 Å². The van der Waals surface area contributed by atoms with E-state index in [-0.39, 0.29) is 18.5 Å². The highest BCUT2D eigenvalue weighted by Gasteiger charge is 2.28. The third kappa shape index (κ3) is 4.02. The van der Waals surface area contributed by atoms with Crippen LogP contribution in [0.1, 0.15) is 32.1 Å². The van der Waals surface area contributed by atoms with Gasteiger partial charge in [-0.2, -0.15) is 0 Å². The molecule has 1 aliphatic heterocycles. The van der Waals surface area contributed by atoms with E-state index in [0.29, 0.717) is 29.7 Å². The molecule has 2 heterocycles. The van der Waals surface area contributed by atoms with Gasteiger partial charge in [-0.3, -0.25) is 0 Å². The SMILES string of the molecule is Cl.O[C@H]1CCC[C@H]1Oc1cccc2onc(OCC3CCNCC3)c12. The summed E-state index contributed by atoms with van der Waals surface area (Å²) in [5.74, 6) is 1.72. The number of rotatable bonds is 5. The molecule has 1 saturated carbocycles. The van der Waals surface area contributed by atoms with E-state index >= 15 is 0 Å². The maximum atomic E-state index is 10.0. The molecule has 0 bridgehead atoms. The molecule has 4 rings (SSSR count). The summed E-state index contributed by atoms with van der Waals surface area (Å²) in [6.07, 6.45) is 4.32. The van der Waals surface area contributed by atoms with Gasteiger partial charge in [0.2, 0.25) is 0 Å². The number of hydrogen-bond acceptors (Lipinski definition) is 6. The van der Waals surface area contributed by atoms with Crippen LogP contribution in [0.3, 0.4) is 0 Å². The highest BCUT2D eigenvalue weighted by Crippen LogP contribution is 2.36. The Morgan fingerprint density at radius 3 is 2.80 bits per heavy atom. The number of hydrogen-bond donors (Lipinski definition) is 2. The average molecular weight is 369 g/mol. The van der Waals surface area contributed by atoms with E-state index in [9.17, 15) is 5.11 Å². The van der Waals surface area contributed by atoms with Crippen LogP contribution >= 0.6 is 12.4 Å². The molecule has 1 saturated heterocycles. The zero-order valence-electron chi connectivity index (χ0n) is 14.1. The molecular weight excluding hydrogens is 344 g/mol. The largest absolute Gasteiger partial charge is 0.487 e. The van der Waals surface area contributed by atoms with Crippen molar-refractivity contribution in [1.82, 2.24) is 10.5 Å². The van der Waals surface area contributed by atoms with Gasteiger partial charge in [0.25, 0.3) is 5.88 Å². The van der Waals surface area contributed by atoms with Gasteiger partial charge in [0.05, 0.1) is 12.7 Å². The Kier molecular flexibility index (Phi) is 6.04. The molecule has 2 aromatic rings. The molecule has 0 amide bonds. The molecule has 2 atom stereocenters. The summed E-state index contributed by atoms with van der Waals surface area (Å²) < 4.78 is 17.4. The van der Waals surface area contributed by atoms with Crippen LogP contribution in [0.2, 0.25) is 0 Å². The van der Waals surface area contributed by atoms with Crippen molar-refractivity contribution < 1.29 is 19.1 Å². The second kappa shape index (κ2) is 8.25. The normalized spacial score (nSPS) is 24.2. The summed E-state index contributed by atoms with van der Waals surface area (Å²) in [6.45, 7) is 2.73. The predicted octanol–water partition coefficient (Wildman–Crippen LogP) is 2.92. The minimum atomic E-state index is -0.403. The minimum Gasteiger partial charge on any atom is -0.487 e. The summed E-state index contributed by atoms with van der Waals surface area (Å²) >= 11 is 0. The number of ether oxygens (including phenoxy) is 2. The molecule has 1 aromatic carbocycles. The van der Waals surface area contributed by atoms with Gasteiger partial charge >= 0.3 is 0 Å². The van der Waals surface area contributed by atoms with Crippen molar-refractivity contribution in [3.05, 3.63) is 18.2 Å². The van der Waals surface area contributed by atoms with Crippen molar-refractivity contribution in [1.29, 1.82) is 0 Å². The molecular formula is C18H25ClN2O4.